The summed E-state index contributed by atoms with van der Waals surface area (Å²) in [4.78, 5) is 7.35. The molecule has 10 rings (SSSR count). The number of furan rings is 1. The number of anilines is 3. The maximum atomic E-state index is 6.34. The highest BCUT2D eigenvalue weighted by atomic mass is 16.3. The molecule has 8 aromatic carbocycles. The first-order valence-electron chi connectivity index (χ1n) is 17.9. The minimum atomic E-state index is 0.866. The van der Waals surface area contributed by atoms with Gasteiger partial charge in [-0.05, 0) is 89.0 Å². The van der Waals surface area contributed by atoms with Gasteiger partial charge in [-0.3, -0.25) is 4.57 Å². The van der Waals surface area contributed by atoms with Crippen molar-refractivity contribution in [2.45, 2.75) is 0 Å². The van der Waals surface area contributed by atoms with E-state index in [1.165, 1.54) is 11.1 Å². The van der Waals surface area contributed by atoms with Gasteiger partial charge in [0.15, 0.2) is 0 Å². The highest BCUT2D eigenvalue weighted by Crippen LogP contribution is 2.40. The summed E-state index contributed by atoms with van der Waals surface area (Å²) in [6.45, 7) is 0. The number of fused-ring (bicyclic) bond motifs is 4. The molecule has 250 valence electrons. The van der Waals surface area contributed by atoms with E-state index >= 15 is 0 Å². The van der Waals surface area contributed by atoms with E-state index in [1.54, 1.807) is 0 Å². The summed E-state index contributed by atoms with van der Waals surface area (Å²) < 4.78 is 8.60. The van der Waals surface area contributed by atoms with E-state index in [-0.39, 0.29) is 0 Å². The number of aromatic nitrogens is 2. The van der Waals surface area contributed by atoms with Crippen LogP contribution < -0.4 is 4.90 Å². The van der Waals surface area contributed by atoms with Gasteiger partial charge >= 0.3 is 0 Å². The SMILES string of the molecule is c1ccc(-c2ccc(N(c3ccc(-c4cccc(-n5c(-c6ccccc6)nc6ccccc65)c4)cc3)c3ccc4c(c3)oc3ccccc34)cc2)cc1. The van der Waals surface area contributed by atoms with Crippen LogP contribution in [0.1, 0.15) is 0 Å². The first kappa shape index (κ1) is 30.6. The van der Waals surface area contributed by atoms with E-state index in [0.29, 0.717) is 0 Å². The van der Waals surface area contributed by atoms with Gasteiger partial charge in [0.2, 0.25) is 0 Å². The van der Waals surface area contributed by atoms with Crippen LogP contribution in [0.2, 0.25) is 0 Å². The normalized spacial score (nSPS) is 11.4. The van der Waals surface area contributed by atoms with Crippen LogP contribution in [-0.4, -0.2) is 9.55 Å². The van der Waals surface area contributed by atoms with Crippen molar-refractivity contribution in [1.29, 1.82) is 0 Å². The Morgan fingerprint density at radius 3 is 1.72 bits per heavy atom. The van der Waals surface area contributed by atoms with Crippen LogP contribution in [0.25, 0.3) is 72.3 Å². The minimum Gasteiger partial charge on any atom is -0.456 e. The number of imidazole rings is 1. The van der Waals surface area contributed by atoms with Gasteiger partial charge in [0, 0.05) is 45.2 Å². The maximum absolute atomic E-state index is 6.34. The van der Waals surface area contributed by atoms with E-state index in [4.69, 9.17) is 9.40 Å². The highest BCUT2D eigenvalue weighted by Gasteiger charge is 2.17. The zero-order chi connectivity index (χ0) is 35.1. The van der Waals surface area contributed by atoms with Crippen molar-refractivity contribution in [1.82, 2.24) is 9.55 Å². The van der Waals surface area contributed by atoms with E-state index in [2.05, 4.69) is 185 Å². The molecule has 0 amide bonds. The lowest BCUT2D eigenvalue weighted by molar-refractivity contribution is 0.669. The third-order valence-corrected chi connectivity index (χ3v) is 10.0. The Kier molecular flexibility index (Phi) is 7.43. The molecule has 0 bridgehead atoms. The summed E-state index contributed by atoms with van der Waals surface area (Å²) in [5.74, 6) is 0.926. The first-order chi connectivity index (χ1) is 26.3. The molecule has 0 aliphatic carbocycles. The lowest BCUT2D eigenvalue weighted by Crippen LogP contribution is -2.09. The van der Waals surface area contributed by atoms with Crippen molar-refractivity contribution in [2.75, 3.05) is 4.90 Å². The molecule has 4 heteroatoms. The Labute approximate surface area is 307 Å². The summed E-state index contributed by atoms with van der Waals surface area (Å²) >= 11 is 0. The van der Waals surface area contributed by atoms with Crippen LogP contribution in [0.4, 0.5) is 17.1 Å². The van der Waals surface area contributed by atoms with Gasteiger partial charge in [-0.1, -0.05) is 127 Å². The fourth-order valence-electron chi connectivity index (χ4n) is 7.43. The average molecular weight is 680 g/mol. The van der Waals surface area contributed by atoms with Crippen LogP contribution in [-0.2, 0) is 0 Å². The lowest BCUT2D eigenvalue weighted by atomic mass is 10.0. The van der Waals surface area contributed by atoms with E-state index in [9.17, 15) is 0 Å². The minimum absolute atomic E-state index is 0.866. The Morgan fingerprint density at radius 2 is 0.962 bits per heavy atom. The molecule has 0 aliphatic heterocycles. The summed E-state index contributed by atoms with van der Waals surface area (Å²) in [6.07, 6.45) is 0. The van der Waals surface area contributed by atoms with Crippen molar-refractivity contribution in [3.05, 3.63) is 200 Å². The molecule has 0 aliphatic rings. The number of rotatable bonds is 7. The van der Waals surface area contributed by atoms with Gasteiger partial charge in [0.05, 0.1) is 11.0 Å². The second-order valence-electron chi connectivity index (χ2n) is 13.2. The first-order valence-corrected chi connectivity index (χ1v) is 17.9. The molecule has 53 heavy (non-hydrogen) atoms. The largest absolute Gasteiger partial charge is 0.456 e. The molecule has 2 aromatic heterocycles. The molecule has 2 heterocycles. The predicted octanol–water partition coefficient (Wildman–Crippen LogP) is 13.4. The van der Waals surface area contributed by atoms with Gasteiger partial charge in [-0.2, -0.15) is 0 Å². The lowest BCUT2D eigenvalue weighted by Gasteiger charge is -2.26. The van der Waals surface area contributed by atoms with Gasteiger partial charge in [0.25, 0.3) is 0 Å². The molecular formula is C49H33N3O. The van der Waals surface area contributed by atoms with Crippen molar-refractivity contribution >= 4 is 50.0 Å². The van der Waals surface area contributed by atoms with E-state index in [0.717, 1.165) is 78.2 Å². The molecule has 0 N–H and O–H groups in total. The molecule has 0 unspecified atom stereocenters. The van der Waals surface area contributed by atoms with Gasteiger partial charge in [0.1, 0.15) is 17.0 Å². The Balaban J connectivity index is 1.05. The summed E-state index contributed by atoms with van der Waals surface area (Å²) in [5, 5.41) is 2.24. The van der Waals surface area contributed by atoms with Gasteiger partial charge < -0.3 is 9.32 Å². The quantitative estimate of drug-likeness (QED) is 0.168. The van der Waals surface area contributed by atoms with Crippen LogP contribution in [0.3, 0.4) is 0 Å². The molecule has 10 aromatic rings. The molecule has 0 atom stereocenters. The fraction of sp³-hybridized carbons (Fsp3) is 0. The number of nitrogens with zero attached hydrogens (tertiary/aromatic N) is 3. The maximum Gasteiger partial charge on any atom is 0.145 e. The van der Waals surface area contributed by atoms with Crippen molar-refractivity contribution in [3.8, 4) is 39.3 Å². The smallest absolute Gasteiger partial charge is 0.145 e. The highest BCUT2D eigenvalue weighted by molar-refractivity contribution is 6.06. The van der Waals surface area contributed by atoms with Crippen molar-refractivity contribution in [3.63, 3.8) is 0 Å². The van der Waals surface area contributed by atoms with Crippen LogP contribution >= 0.6 is 0 Å². The average Bonchev–Trinajstić information content (AvgIpc) is 3.81. The molecular weight excluding hydrogens is 647 g/mol. The van der Waals surface area contributed by atoms with Crippen LogP contribution in [0.5, 0.6) is 0 Å². The fourth-order valence-corrected chi connectivity index (χ4v) is 7.43. The van der Waals surface area contributed by atoms with Gasteiger partial charge in [-0.15, -0.1) is 0 Å². The second-order valence-corrected chi connectivity index (χ2v) is 13.2. The zero-order valence-corrected chi connectivity index (χ0v) is 28.8. The number of hydrogen-bond donors (Lipinski definition) is 0. The molecule has 0 saturated carbocycles. The summed E-state index contributed by atoms with van der Waals surface area (Å²) in [7, 11) is 0. The van der Waals surface area contributed by atoms with Crippen LogP contribution in [0, 0.1) is 0 Å². The van der Waals surface area contributed by atoms with Crippen LogP contribution in [0.15, 0.2) is 205 Å². The Morgan fingerprint density at radius 1 is 0.396 bits per heavy atom. The third kappa shape index (κ3) is 5.54. The molecule has 4 nitrogen and oxygen atoms in total. The summed E-state index contributed by atoms with van der Waals surface area (Å²) in [5.41, 5.74) is 13.7. The molecule has 0 fully saturated rings. The third-order valence-electron chi connectivity index (χ3n) is 10.0. The topological polar surface area (TPSA) is 34.2 Å². The number of benzene rings is 8. The monoisotopic (exact) mass is 679 g/mol. The molecule has 0 saturated heterocycles. The van der Waals surface area contributed by atoms with Gasteiger partial charge in [-0.25, -0.2) is 4.98 Å². The molecule has 0 radical (unpaired) electrons. The zero-order valence-electron chi connectivity index (χ0n) is 28.8. The van der Waals surface area contributed by atoms with E-state index < -0.39 is 0 Å². The predicted molar refractivity (Wildman–Crippen MR) is 219 cm³/mol. The van der Waals surface area contributed by atoms with Crippen molar-refractivity contribution < 1.29 is 4.42 Å². The Bertz CT molecular complexity index is 2870. The second kappa shape index (κ2) is 12.9. The van der Waals surface area contributed by atoms with Crippen molar-refractivity contribution in [2.24, 2.45) is 0 Å². The summed E-state index contributed by atoms with van der Waals surface area (Å²) in [6, 6.07) is 70.3. The molecule has 0 spiro atoms. The Hall–Kier alpha value is -7.17. The van der Waals surface area contributed by atoms with E-state index in [1.807, 2.05) is 24.3 Å². The number of para-hydroxylation sites is 3. The standard InChI is InChI=1S/C49H33N3O/c1-3-12-34(13-4-1)35-22-26-39(27-23-35)51(42-30-31-44-43-18-7-10-21-47(43)53-48(44)33-42)40-28-24-36(25-29-40)38-16-11-17-41(32-38)52-46-20-9-8-19-45(46)50-49(52)37-14-5-2-6-15-37/h1-33H. The number of hydrogen-bond acceptors (Lipinski definition) is 3.